The van der Waals surface area contributed by atoms with Crippen LogP contribution in [0.25, 0.3) is 0 Å². The molecule has 5 heteroatoms. The molecule has 0 saturated heterocycles. The lowest BCUT2D eigenvalue weighted by Gasteiger charge is -2.27. The Morgan fingerprint density at radius 3 is 2.50 bits per heavy atom. The minimum absolute atomic E-state index is 0.457. The quantitative estimate of drug-likeness (QED) is 0.845. The summed E-state index contributed by atoms with van der Waals surface area (Å²) in [6.45, 7) is 5.01. The molecule has 1 rings (SSSR count). The predicted molar refractivity (Wildman–Crippen MR) is 75.4 cm³/mol. The van der Waals surface area contributed by atoms with Gasteiger partial charge in [0.1, 0.15) is 21.6 Å². The van der Waals surface area contributed by atoms with Crippen LogP contribution in [0.5, 0.6) is 11.5 Å². The molecule has 1 aromatic carbocycles. The van der Waals surface area contributed by atoms with Gasteiger partial charge in [0.25, 0.3) is 0 Å². The Labute approximate surface area is 116 Å². The van der Waals surface area contributed by atoms with Gasteiger partial charge in [0.05, 0.1) is 14.2 Å². The minimum Gasteiger partial charge on any atom is -0.495 e. The third-order valence-electron chi connectivity index (χ3n) is 2.79. The molecule has 0 radical (unpaired) electrons. The van der Waals surface area contributed by atoms with Crippen LogP contribution in [0.1, 0.15) is 19.4 Å². The molecule has 0 fully saturated rings. The molecule has 0 aliphatic rings. The summed E-state index contributed by atoms with van der Waals surface area (Å²) in [6.07, 6.45) is 0. The zero-order valence-electron chi connectivity index (χ0n) is 11.2. The number of hydrogen-bond acceptors (Lipinski definition) is 4. The van der Waals surface area contributed by atoms with E-state index in [0.29, 0.717) is 22.5 Å². The van der Waals surface area contributed by atoms with E-state index in [1.807, 2.05) is 19.1 Å². The van der Waals surface area contributed by atoms with Crippen molar-refractivity contribution >= 4 is 15.9 Å². The summed E-state index contributed by atoms with van der Waals surface area (Å²) >= 11 is 3.43. The molecule has 2 N–H and O–H groups in total. The van der Waals surface area contributed by atoms with Crippen molar-refractivity contribution in [1.82, 2.24) is 5.32 Å². The first-order valence-corrected chi connectivity index (χ1v) is 6.61. The fraction of sp³-hybridized carbons (Fsp3) is 0.538. The maximum Gasteiger partial charge on any atom is 0.142 e. The van der Waals surface area contributed by atoms with Crippen LogP contribution in [-0.2, 0) is 5.60 Å². The molecular weight excluding hydrogens is 298 g/mol. The number of benzene rings is 1. The summed E-state index contributed by atoms with van der Waals surface area (Å²) < 4.78 is 11.3. The van der Waals surface area contributed by atoms with E-state index in [4.69, 9.17) is 9.47 Å². The number of halogens is 1. The van der Waals surface area contributed by atoms with Crippen molar-refractivity contribution in [2.75, 3.05) is 27.3 Å². The fourth-order valence-electron chi connectivity index (χ4n) is 1.78. The largest absolute Gasteiger partial charge is 0.495 e. The molecule has 0 bridgehead atoms. The number of rotatable bonds is 6. The predicted octanol–water partition coefficient (Wildman–Crippen LogP) is 2.28. The molecule has 0 aromatic heterocycles. The third kappa shape index (κ3) is 3.16. The highest BCUT2D eigenvalue weighted by Crippen LogP contribution is 2.41. The molecular formula is C13H20BrNO3. The molecule has 1 atom stereocenters. The molecule has 0 spiro atoms. The van der Waals surface area contributed by atoms with E-state index in [9.17, 15) is 5.11 Å². The second-order valence-electron chi connectivity index (χ2n) is 4.22. The average Bonchev–Trinajstić information content (AvgIpc) is 2.36. The highest BCUT2D eigenvalue weighted by molar-refractivity contribution is 9.10. The summed E-state index contributed by atoms with van der Waals surface area (Å²) in [5.41, 5.74) is -0.283. The topological polar surface area (TPSA) is 50.7 Å². The molecule has 4 nitrogen and oxygen atoms in total. The normalized spacial score (nSPS) is 14.1. The first-order chi connectivity index (χ1) is 8.47. The molecule has 0 aliphatic carbocycles. The molecule has 0 amide bonds. The summed E-state index contributed by atoms with van der Waals surface area (Å²) in [5.74, 6) is 1.27. The van der Waals surface area contributed by atoms with Gasteiger partial charge in [0.2, 0.25) is 0 Å². The number of ether oxygens (including phenoxy) is 2. The lowest BCUT2D eigenvalue weighted by molar-refractivity contribution is 0.0548. The van der Waals surface area contributed by atoms with Gasteiger partial charge in [-0.1, -0.05) is 6.92 Å². The Bertz CT molecular complexity index is 407. The second-order valence-corrected chi connectivity index (χ2v) is 5.01. The van der Waals surface area contributed by atoms with E-state index in [0.717, 1.165) is 12.1 Å². The van der Waals surface area contributed by atoms with Crippen LogP contribution in [-0.4, -0.2) is 32.4 Å². The highest BCUT2D eigenvalue weighted by Gasteiger charge is 2.28. The van der Waals surface area contributed by atoms with Gasteiger partial charge in [0, 0.05) is 12.1 Å². The summed E-state index contributed by atoms with van der Waals surface area (Å²) in [6, 6.07) is 3.63. The lowest BCUT2D eigenvalue weighted by atomic mass is 9.94. The second kappa shape index (κ2) is 6.41. The Kier molecular flexibility index (Phi) is 5.44. The number of likely N-dealkylation sites (N-methyl/N-ethyl adjacent to an activating group) is 1. The standard InChI is InChI=1S/C13H20BrNO3/c1-5-15-8-13(2,16)9-6-7-10(17-3)11(14)12(9)18-4/h6-7,15-16H,5,8H2,1-4H3. The number of nitrogens with one attached hydrogen (secondary N) is 1. The van der Waals surface area contributed by atoms with Gasteiger partial charge in [-0.3, -0.25) is 0 Å². The fourth-order valence-corrected chi connectivity index (χ4v) is 2.45. The Morgan fingerprint density at radius 2 is 2.00 bits per heavy atom. The average molecular weight is 318 g/mol. The zero-order chi connectivity index (χ0) is 13.8. The zero-order valence-corrected chi connectivity index (χ0v) is 12.8. The van der Waals surface area contributed by atoms with Gasteiger partial charge >= 0.3 is 0 Å². The third-order valence-corrected chi connectivity index (χ3v) is 3.54. The molecule has 1 aromatic rings. The smallest absolute Gasteiger partial charge is 0.142 e. The van der Waals surface area contributed by atoms with Crippen LogP contribution in [0.3, 0.4) is 0 Å². The summed E-state index contributed by atoms with van der Waals surface area (Å²) in [4.78, 5) is 0. The van der Waals surface area contributed by atoms with E-state index >= 15 is 0 Å². The van der Waals surface area contributed by atoms with Gasteiger partial charge < -0.3 is 19.9 Å². The van der Waals surface area contributed by atoms with Gasteiger partial charge in [-0.25, -0.2) is 0 Å². The van der Waals surface area contributed by atoms with Crippen molar-refractivity contribution in [2.45, 2.75) is 19.4 Å². The summed E-state index contributed by atoms with van der Waals surface area (Å²) in [5, 5.41) is 13.6. The van der Waals surface area contributed by atoms with Crippen molar-refractivity contribution in [3.05, 3.63) is 22.2 Å². The van der Waals surface area contributed by atoms with E-state index in [1.54, 1.807) is 21.1 Å². The molecule has 0 heterocycles. The van der Waals surface area contributed by atoms with Gasteiger partial charge in [-0.05, 0) is 41.5 Å². The van der Waals surface area contributed by atoms with E-state index in [-0.39, 0.29) is 0 Å². The van der Waals surface area contributed by atoms with E-state index in [1.165, 1.54) is 0 Å². The van der Waals surface area contributed by atoms with Gasteiger partial charge in [0.15, 0.2) is 0 Å². The Morgan fingerprint density at radius 1 is 1.33 bits per heavy atom. The number of hydrogen-bond donors (Lipinski definition) is 2. The molecule has 0 saturated carbocycles. The Hall–Kier alpha value is -0.780. The van der Waals surface area contributed by atoms with Crippen molar-refractivity contribution in [3.63, 3.8) is 0 Å². The van der Waals surface area contributed by atoms with Gasteiger partial charge in [-0.15, -0.1) is 0 Å². The van der Waals surface area contributed by atoms with Crippen LogP contribution in [0.2, 0.25) is 0 Å². The summed E-state index contributed by atoms with van der Waals surface area (Å²) in [7, 11) is 3.17. The van der Waals surface area contributed by atoms with Crippen LogP contribution in [0.15, 0.2) is 16.6 Å². The minimum atomic E-state index is -1.00. The first kappa shape index (κ1) is 15.3. The number of methoxy groups -OCH3 is 2. The van der Waals surface area contributed by atoms with Crippen LogP contribution >= 0.6 is 15.9 Å². The van der Waals surface area contributed by atoms with E-state index in [2.05, 4.69) is 21.2 Å². The first-order valence-electron chi connectivity index (χ1n) is 5.82. The maximum absolute atomic E-state index is 10.5. The van der Waals surface area contributed by atoms with Gasteiger partial charge in [-0.2, -0.15) is 0 Å². The molecule has 102 valence electrons. The number of aliphatic hydroxyl groups is 1. The molecule has 18 heavy (non-hydrogen) atoms. The highest BCUT2D eigenvalue weighted by atomic mass is 79.9. The Balaban J connectivity index is 3.19. The monoisotopic (exact) mass is 317 g/mol. The molecule has 1 unspecified atom stereocenters. The van der Waals surface area contributed by atoms with Crippen LogP contribution in [0, 0.1) is 0 Å². The van der Waals surface area contributed by atoms with Crippen molar-refractivity contribution in [1.29, 1.82) is 0 Å². The van der Waals surface area contributed by atoms with Crippen molar-refractivity contribution in [3.8, 4) is 11.5 Å². The van der Waals surface area contributed by atoms with Crippen LogP contribution in [0.4, 0.5) is 0 Å². The van der Waals surface area contributed by atoms with E-state index < -0.39 is 5.60 Å². The maximum atomic E-state index is 10.5. The van der Waals surface area contributed by atoms with Crippen LogP contribution < -0.4 is 14.8 Å². The van der Waals surface area contributed by atoms with Crippen molar-refractivity contribution in [2.24, 2.45) is 0 Å². The molecule has 0 aliphatic heterocycles. The lowest BCUT2D eigenvalue weighted by Crippen LogP contribution is -2.35. The SMILES string of the molecule is CCNCC(C)(O)c1ccc(OC)c(Br)c1OC. The van der Waals surface area contributed by atoms with Crippen molar-refractivity contribution < 1.29 is 14.6 Å².